The maximum atomic E-state index is 9.91. The highest BCUT2D eigenvalue weighted by molar-refractivity contribution is 6.02. The van der Waals surface area contributed by atoms with Gasteiger partial charge in [0.15, 0.2) is 17.1 Å². The maximum Gasteiger partial charge on any atom is 0.190 e. The molecule has 0 spiro atoms. The summed E-state index contributed by atoms with van der Waals surface area (Å²) < 4.78 is 17.4. The molecule has 0 unspecified atom stereocenters. The van der Waals surface area contributed by atoms with Crippen LogP contribution in [0, 0.1) is 82.0 Å². The highest BCUT2D eigenvalue weighted by Gasteiger charge is 2.25. The van der Waals surface area contributed by atoms with Gasteiger partial charge in [0.05, 0.1) is 51.1 Å². The van der Waals surface area contributed by atoms with Crippen LogP contribution in [0.15, 0.2) is 152 Å². The van der Waals surface area contributed by atoms with Crippen LogP contribution in [-0.4, -0.2) is 44.1 Å². The molecule has 1 saturated carbocycles. The van der Waals surface area contributed by atoms with Crippen molar-refractivity contribution in [3.63, 3.8) is 0 Å². The molecule has 10 nitrogen and oxygen atoms in total. The fourth-order valence-electron chi connectivity index (χ4n) is 11.7. The first kappa shape index (κ1) is 56.6. The van der Waals surface area contributed by atoms with Crippen molar-refractivity contribution in [2.24, 2.45) is 0 Å². The van der Waals surface area contributed by atoms with Crippen molar-refractivity contribution in [2.75, 3.05) is 14.2 Å². The molecule has 1 N–H and O–H groups in total. The predicted molar refractivity (Wildman–Crippen MR) is 341 cm³/mol. The molecule has 0 radical (unpaired) electrons. The van der Waals surface area contributed by atoms with Gasteiger partial charge in [0, 0.05) is 76.2 Å². The molecule has 0 aliphatic heterocycles. The molecule has 0 bridgehead atoms. The molecule has 1 aliphatic carbocycles. The molecule has 11 aromatic rings. The number of rotatable bonds is 8. The molecule has 0 saturated heterocycles. The minimum absolute atomic E-state index is 0.156. The minimum Gasteiger partial charge on any atom is -0.497 e. The fourth-order valence-corrected chi connectivity index (χ4v) is 11.7. The second kappa shape index (κ2) is 23.8. The molecule has 0 atom stereocenters. The Balaban J connectivity index is 0.000000139. The molecule has 83 heavy (non-hydrogen) atoms. The number of aliphatic hydroxyl groups excluding tert-OH is 1. The summed E-state index contributed by atoms with van der Waals surface area (Å²) in [5, 5.41) is 13.2. The Morgan fingerprint density at radius 2 is 0.831 bits per heavy atom. The average molecular weight is 1090 g/mol. The number of hydrogen-bond acceptors (Lipinski definition) is 4. The first-order valence-electron chi connectivity index (χ1n) is 28.2. The van der Waals surface area contributed by atoms with Crippen LogP contribution >= 0.6 is 0 Å². The average Bonchev–Trinajstić information content (AvgIpc) is 2.56. The molecule has 12 rings (SSSR count). The van der Waals surface area contributed by atoms with Crippen molar-refractivity contribution in [3.8, 4) is 56.3 Å². The van der Waals surface area contributed by atoms with E-state index in [2.05, 4.69) is 166 Å². The Labute approximate surface area is 487 Å². The van der Waals surface area contributed by atoms with E-state index in [-0.39, 0.29) is 6.10 Å². The summed E-state index contributed by atoms with van der Waals surface area (Å²) in [6.45, 7) is 41.4. The number of fused-ring (bicyclic) bond motifs is 3. The second-order valence-corrected chi connectivity index (χ2v) is 22.1. The molecule has 7 aromatic carbocycles. The van der Waals surface area contributed by atoms with E-state index < -0.39 is 0 Å². The second-order valence-electron chi connectivity index (χ2n) is 22.1. The molecule has 10 heteroatoms. The Morgan fingerprint density at radius 1 is 0.434 bits per heavy atom. The van der Waals surface area contributed by atoms with Gasteiger partial charge in [0.2, 0.25) is 0 Å². The molecule has 4 aromatic heterocycles. The third-order valence-corrected chi connectivity index (χ3v) is 17.1. The SMILES string of the molecule is [C-]#[N+]c1cc2c(-c3cccc(C)c3C)cn(-c3ccc(OC)cc3)c2cc1C.[C-]#[N+]c1cc2c(-c3cccc(C)c3C)cn(C3CCC(O)CC3)c2cc1C.[C-]#[N+]c1cc2c(-c3cncc(C)c3C)cn(-c3ccc(OC)cc3)c2cc1C. The van der Waals surface area contributed by atoms with Gasteiger partial charge in [-0.05, 0) is 250 Å². The molecule has 1 aliphatic rings. The van der Waals surface area contributed by atoms with Crippen LogP contribution in [0.1, 0.15) is 81.8 Å². The summed E-state index contributed by atoms with van der Waals surface area (Å²) >= 11 is 0. The van der Waals surface area contributed by atoms with Gasteiger partial charge in [-0.3, -0.25) is 4.98 Å². The zero-order chi connectivity index (χ0) is 58.8. The van der Waals surface area contributed by atoms with Gasteiger partial charge in [0.1, 0.15) is 11.5 Å². The van der Waals surface area contributed by atoms with Gasteiger partial charge in [-0.15, -0.1) is 0 Å². The monoisotopic (exact) mass is 1090 g/mol. The lowest BCUT2D eigenvalue weighted by Crippen LogP contribution is -2.20. The van der Waals surface area contributed by atoms with E-state index in [9.17, 15) is 5.11 Å². The van der Waals surface area contributed by atoms with Crippen LogP contribution < -0.4 is 9.47 Å². The lowest BCUT2D eigenvalue weighted by Gasteiger charge is -2.27. The summed E-state index contributed by atoms with van der Waals surface area (Å²) in [5.41, 5.74) is 25.0. The van der Waals surface area contributed by atoms with E-state index in [1.54, 1.807) is 14.2 Å². The van der Waals surface area contributed by atoms with Gasteiger partial charge < -0.3 is 28.3 Å². The van der Waals surface area contributed by atoms with E-state index in [0.29, 0.717) is 17.4 Å². The largest absolute Gasteiger partial charge is 0.497 e. The first-order chi connectivity index (χ1) is 40.0. The van der Waals surface area contributed by atoms with Gasteiger partial charge in [-0.2, -0.15) is 0 Å². The van der Waals surface area contributed by atoms with Crippen molar-refractivity contribution in [1.82, 2.24) is 18.7 Å². The first-order valence-corrected chi connectivity index (χ1v) is 28.2. The molecule has 0 amide bonds. The number of ether oxygens (including phenoxy) is 2. The summed E-state index contributed by atoms with van der Waals surface area (Å²) in [7, 11) is 3.34. The van der Waals surface area contributed by atoms with E-state index in [1.807, 2.05) is 81.7 Å². The lowest BCUT2D eigenvalue weighted by molar-refractivity contribution is 0.111. The van der Waals surface area contributed by atoms with Crippen LogP contribution in [-0.2, 0) is 0 Å². The number of aryl methyl sites for hydroxylation is 6. The number of methoxy groups -OCH3 is 2. The number of aliphatic hydroxyl groups is 1. The van der Waals surface area contributed by atoms with Crippen LogP contribution in [0.2, 0.25) is 0 Å². The van der Waals surface area contributed by atoms with Crippen molar-refractivity contribution in [3.05, 3.63) is 237 Å². The van der Waals surface area contributed by atoms with Crippen LogP contribution in [0.5, 0.6) is 11.5 Å². The van der Waals surface area contributed by atoms with Gasteiger partial charge >= 0.3 is 0 Å². The van der Waals surface area contributed by atoms with Crippen molar-refractivity contribution < 1.29 is 14.6 Å². The zero-order valence-electron chi connectivity index (χ0n) is 49.3. The summed E-state index contributed by atoms with van der Waals surface area (Å²) in [6.07, 6.45) is 14.0. The van der Waals surface area contributed by atoms with E-state index >= 15 is 0 Å². The number of aromatic nitrogens is 4. The standard InChI is InChI=1S/C25H22N2O.C24H21N3O.C24H26N2O/c1-16-7-6-8-21(18(16)3)23-15-27(19-9-11-20(28-5)12-10-19)25-13-17(2)24(26-4)14-22(23)25;1-15-10-24-20(11-23(15)25-4)22(21-13-26-12-16(2)17(21)3)14-27(24)18-6-8-19(28-5)9-7-18;1-15-6-5-7-20(17(15)3)22-14-26(18-8-10-19(27)11-9-18)24-12-16(2)23(25-4)13-21(22)24/h6-15H,1-3,5H3;6-14H,1-3,5H3;5-7,12-14,18-19,27H,8-11H2,1-3H3. The lowest BCUT2D eigenvalue weighted by atomic mass is 9.93. The van der Waals surface area contributed by atoms with Gasteiger partial charge in [-0.1, -0.05) is 36.4 Å². The van der Waals surface area contributed by atoms with Crippen LogP contribution in [0.4, 0.5) is 17.1 Å². The summed E-state index contributed by atoms with van der Waals surface area (Å²) in [6, 6.07) is 41.8. The molecular weight excluding hydrogens is 1020 g/mol. The van der Waals surface area contributed by atoms with E-state index in [4.69, 9.17) is 29.2 Å². The normalized spacial score (nSPS) is 13.8. The van der Waals surface area contributed by atoms with E-state index in [1.165, 1.54) is 50.0 Å². The Morgan fingerprint density at radius 3 is 1.27 bits per heavy atom. The highest BCUT2D eigenvalue weighted by atomic mass is 16.5. The van der Waals surface area contributed by atoms with Crippen LogP contribution in [0.25, 0.3) is 92.0 Å². The highest BCUT2D eigenvalue weighted by Crippen LogP contribution is 2.43. The number of nitrogens with zero attached hydrogens (tertiary/aromatic N) is 7. The topological polar surface area (TPSA) is 79.5 Å². The third-order valence-electron chi connectivity index (χ3n) is 17.1. The van der Waals surface area contributed by atoms with Crippen LogP contribution in [0.3, 0.4) is 0 Å². The van der Waals surface area contributed by atoms with E-state index in [0.717, 1.165) is 120 Å². The number of hydrogen-bond donors (Lipinski definition) is 1. The molecular formula is C73H69N7O3. The number of pyridine rings is 1. The van der Waals surface area contributed by atoms with Crippen molar-refractivity contribution in [1.29, 1.82) is 0 Å². The fraction of sp³-hybridized carbons (Fsp3) is 0.233. The number of benzene rings is 7. The molecule has 1 fully saturated rings. The van der Waals surface area contributed by atoms with Gasteiger partial charge in [0.25, 0.3) is 0 Å². The minimum atomic E-state index is -0.156. The zero-order valence-corrected chi connectivity index (χ0v) is 49.3. The Kier molecular flexibility index (Phi) is 16.2. The Bertz CT molecular complexity index is 4200. The molecule has 4 heterocycles. The van der Waals surface area contributed by atoms with Crippen molar-refractivity contribution in [2.45, 2.75) is 100 Å². The smallest absolute Gasteiger partial charge is 0.190 e. The maximum absolute atomic E-state index is 9.91. The summed E-state index contributed by atoms with van der Waals surface area (Å²) in [5.74, 6) is 1.66. The molecule has 414 valence electrons. The van der Waals surface area contributed by atoms with Gasteiger partial charge in [-0.25, -0.2) is 14.5 Å². The van der Waals surface area contributed by atoms with Crippen molar-refractivity contribution >= 4 is 49.8 Å². The predicted octanol–water partition coefficient (Wildman–Crippen LogP) is 19.2. The summed E-state index contributed by atoms with van der Waals surface area (Å²) in [4.78, 5) is 15.6. The third kappa shape index (κ3) is 11.0. The Hall–Kier alpha value is -9.66. The quantitative estimate of drug-likeness (QED) is 0.154.